The van der Waals surface area contributed by atoms with Crippen LogP contribution in [0.25, 0.3) is 0 Å². The van der Waals surface area contributed by atoms with Crippen molar-refractivity contribution in [3.63, 3.8) is 0 Å². The molecule has 2 heterocycles. The molecule has 2 aliphatic rings. The van der Waals surface area contributed by atoms with Crippen molar-refractivity contribution in [3.8, 4) is 0 Å². The van der Waals surface area contributed by atoms with Gasteiger partial charge in [-0.1, -0.05) is 0 Å². The van der Waals surface area contributed by atoms with Crippen molar-refractivity contribution in [2.24, 2.45) is 0 Å². The molecule has 0 aromatic carbocycles. The Balaban J connectivity index is 2.27. The van der Waals surface area contributed by atoms with Crippen molar-refractivity contribution in [2.75, 3.05) is 13.7 Å². The molecule has 2 rings (SSSR count). The molecule has 0 radical (unpaired) electrons. The van der Waals surface area contributed by atoms with E-state index in [1.807, 2.05) is 0 Å². The molecule has 8 heteroatoms. The summed E-state index contributed by atoms with van der Waals surface area (Å²) in [6.07, 6.45) is -2.94. The molecule has 0 aromatic rings. The van der Waals surface area contributed by atoms with Crippen LogP contribution in [0.2, 0.25) is 0 Å². The van der Waals surface area contributed by atoms with Gasteiger partial charge in [0.25, 0.3) is 11.8 Å². The maximum Gasteiger partial charge on any atom is 0.254 e. The van der Waals surface area contributed by atoms with Crippen LogP contribution in [-0.4, -0.2) is 76.4 Å². The molecule has 0 spiro atoms. The zero-order valence-corrected chi connectivity index (χ0v) is 10.2. The van der Waals surface area contributed by atoms with Gasteiger partial charge in [0, 0.05) is 19.3 Å². The second-order valence-corrected chi connectivity index (χ2v) is 4.31. The van der Waals surface area contributed by atoms with Crippen molar-refractivity contribution in [2.45, 2.75) is 30.6 Å². The van der Waals surface area contributed by atoms with Gasteiger partial charge < -0.3 is 24.8 Å². The number of amides is 2. The van der Waals surface area contributed by atoms with Crippen molar-refractivity contribution in [1.82, 2.24) is 4.90 Å². The molecular weight excluding hydrogens is 258 g/mol. The summed E-state index contributed by atoms with van der Waals surface area (Å²) >= 11 is 0. The smallest absolute Gasteiger partial charge is 0.254 e. The lowest BCUT2D eigenvalue weighted by Crippen LogP contribution is -2.65. The van der Waals surface area contributed by atoms with Gasteiger partial charge in [-0.15, -0.1) is 0 Å². The summed E-state index contributed by atoms with van der Waals surface area (Å²) in [5, 5.41) is 28.9. The van der Waals surface area contributed by atoms with Crippen molar-refractivity contribution in [1.29, 1.82) is 0 Å². The van der Waals surface area contributed by atoms with Crippen LogP contribution in [0, 0.1) is 0 Å². The third-order valence-corrected chi connectivity index (χ3v) is 3.22. The van der Waals surface area contributed by atoms with Gasteiger partial charge >= 0.3 is 0 Å². The van der Waals surface area contributed by atoms with E-state index in [0.29, 0.717) is 0 Å². The minimum atomic E-state index is -1.47. The number of ether oxygens (including phenoxy) is 2. The number of hydrogen-bond acceptors (Lipinski definition) is 7. The van der Waals surface area contributed by atoms with Crippen LogP contribution in [0.4, 0.5) is 0 Å². The number of methoxy groups -OCH3 is 1. The fourth-order valence-electron chi connectivity index (χ4n) is 2.24. The largest absolute Gasteiger partial charge is 0.394 e. The van der Waals surface area contributed by atoms with Gasteiger partial charge in [0.05, 0.1) is 6.61 Å². The van der Waals surface area contributed by atoms with Gasteiger partial charge in [-0.2, -0.15) is 0 Å². The van der Waals surface area contributed by atoms with E-state index < -0.39 is 49.1 Å². The summed E-state index contributed by atoms with van der Waals surface area (Å²) in [4.78, 5) is 24.0. The van der Waals surface area contributed by atoms with Crippen LogP contribution < -0.4 is 0 Å². The number of nitrogens with zero attached hydrogens (tertiary/aromatic N) is 1. The summed E-state index contributed by atoms with van der Waals surface area (Å²) in [7, 11) is 1.27. The highest BCUT2D eigenvalue weighted by Gasteiger charge is 2.50. The minimum Gasteiger partial charge on any atom is -0.394 e. The van der Waals surface area contributed by atoms with Crippen LogP contribution >= 0.6 is 0 Å². The number of hydrogen-bond donors (Lipinski definition) is 3. The number of rotatable bonds is 3. The Morgan fingerprint density at radius 3 is 2.32 bits per heavy atom. The Bertz CT molecular complexity index is 390. The summed E-state index contributed by atoms with van der Waals surface area (Å²) in [6.45, 7) is -0.523. The standard InChI is InChI=1S/C11H15NO7/c1-18-11-8(12-6(14)2-3-7(12)15)10(17)9(16)5(4-13)19-11/h2-3,5,8-11,13,16-17H,4H2,1H3/t5-,8-,9+,10-,11?/m1/s1. The lowest BCUT2D eigenvalue weighted by Gasteiger charge is -2.44. The van der Waals surface area contributed by atoms with Gasteiger partial charge in [-0.05, 0) is 0 Å². The third kappa shape index (κ3) is 2.28. The first-order valence-electron chi connectivity index (χ1n) is 5.71. The first-order chi connectivity index (χ1) is 9.01. The quantitative estimate of drug-likeness (QED) is 0.481. The molecule has 106 valence electrons. The number of aliphatic hydroxyl groups is 3. The lowest BCUT2D eigenvalue weighted by molar-refractivity contribution is -0.275. The number of imide groups is 1. The maximum atomic E-state index is 11.6. The number of carbonyl (C=O) groups is 2. The zero-order valence-electron chi connectivity index (χ0n) is 10.2. The van der Waals surface area contributed by atoms with Gasteiger partial charge in [-0.3, -0.25) is 14.5 Å². The van der Waals surface area contributed by atoms with E-state index in [9.17, 15) is 19.8 Å². The van der Waals surface area contributed by atoms with E-state index in [1.54, 1.807) is 0 Å². The Labute approximate surface area is 108 Å². The summed E-state index contributed by atoms with van der Waals surface area (Å²) in [5.41, 5.74) is 0. The molecule has 1 unspecified atom stereocenters. The Morgan fingerprint density at radius 2 is 1.84 bits per heavy atom. The van der Waals surface area contributed by atoms with Crippen molar-refractivity contribution < 1.29 is 34.4 Å². The van der Waals surface area contributed by atoms with E-state index in [0.717, 1.165) is 17.1 Å². The molecule has 3 N–H and O–H groups in total. The zero-order chi connectivity index (χ0) is 14.2. The summed E-state index contributed by atoms with van der Waals surface area (Å²) in [5.74, 6) is -1.23. The van der Waals surface area contributed by atoms with E-state index in [1.165, 1.54) is 7.11 Å². The van der Waals surface area contributed by atoms with Crippen LogP contribution in [0.5, 0.6) is 0 Å². The Morgan fingerprint density at radius 1 is 1.26 bits per heavy atom. The summed E-state index contributed by atoms with van der Waals surface area (Å²) < 4.78 is 10.2. The minimum absolute atomic E-state index is 0.523. The summed E-state index contributed by atoms with van der Waals surface area (Å²) in [6, 6.07) is -1.17. The van der Waals surface area contributed by atoms with Crippen LogP contribution in [0.3, 0.4) is 0 Å². The predicted octanol–water partition coefficient (Wildman–Crippen LogP) is -2.63. The predicted molar refractivity (Wildman–Crippen MR) is 59.6 cm³/mol. The topological polar surface area (TPSA) is 117 Å². The second kappa shape index (κ2) is 5.35. The molecule has 19 heavy (non-hydrogen) atoms. The fourth-order valence-corrected chi connectivity index (χ4v) is 2.24. The fraction of sp³-hybridized carbons (Fsp3) is 0.636. The first kappa shape index (κ1) is 14.1. The monoisotopic (exact) mass is 273 g/mol. The van der Waals surface area contributed by atoms with Gasteiger partial charge in [-0.25, -0.2) is 0 Å². The van der Waals surface area contributed by atoms with Crippen LogP contribution in [0.1, 0.15) is 0 Å². The second-order valence-electron chi connectivity index (χ2n) is 4.31. The van der Waals surface area contributed by atoms with E-state index in [4.69, 9.17) is 14.6 Å². The molecular formula is C11H15NO7. The molecule has 0 bridgehead atoms. The van der Waals surface area contributed by atoms with E-state index in [-0.39, 0.29) is 0 Å². The first-order valence-corrected chi connectivity index (χ1v) is 5.71. The van der Waals surface area contributed by atoms with Crippen LogP contribution in [0.15, 0.2) is 12.2 Å². The van der Waals surface area contributed by atoms with E-state index in [2.05, 4.69) is 0 Å². The molecule has 0 saturated carbocycles. The Kier molecular flexibility index (Phi) is 3.97. The lowest BCUT2D eigenvalue weighted by atomic mass is 9.96. The van der Waals surface area contributed by atoms with Gasteiger partial charge in [0.1, 0.15) is 24.4 Å². The molecule has 2 amide bonds. The highest BCUT2D eigenvalue weighted by Crippen LogP contribution is 2.27. The number of aliphatic hydroxyl groups excluding tert-OH is 3. The highest BCUT2D eigenvalue weighted by atomic mass is 16.7. The van der Waals surface area contributed by atoms with E-state index >= 15 is 0 Å². The Hall–Kier alpha value is -1.32. The van der Waals surface area contributed by atoms with Gasteiger partial charge in [0.2, 0.25) is 0 Å². The van der Waals surface area contributed by atoms with Crippen molar-refractivity contribution >= 4 is 11.8 Å². The van der Waals surface area contributed by atoms with Crippen molar-refractivity contribution in [3.05, 3.63) is 12.2 Å². The molecule has 8 nitrogen and oxygen atoms in total. The number of carbonyl (C=O) groups excluding carboxylic acids is 2. The molecule has 0 aliphatic carbocycles. The average Bonchev–Trinajstić information content (AvgIpc) is 2.72. The van der Waals surface area contributed by atoms with Crippen LogP contribution in [-0.2, 0) is 19.1 Å². The molecule has 2 aliphatic heterocycles. The van der Waals surface area contributed by atoms with Gasteiger partial charge in [0.15, 0.2) is 6.29 Å². The maximum absolute atomic E-state index is 11.6. The normalized spacial score (nSPS) is 39.2. The average molecular weight is 273 g/mol. The molecule has 0 aromatic heterocycles. The molecule has 1 saturated heterocycles. The highest BCUT2D eigenvalue weighted by molar-refractivity contribution is 6.13. The molecule has 1 fully saturated rings. The third-order valence-electron chi connectivity index (χ3n) is 3.22. The molecule has 5 atom stereocenters. The SMILES string of the molecule is COC1O[C@H](CO)[C@H](O)[C@H](O)[C@H]1N1C(=O)C=CC1=O.